The second-order valence-electron chi connectivity index (χ2n) is 8.12. The van der Waals surface area contributed by atoms with Crippen molar-refractivity contribution in [1.29, 1.82) is 0 Å². The van der Waals surface area contributed by atoms with Crippen molar-refractivity contribution < 1.29 is 14.5 Å². The van der Waals surface area contributed by atoms with Crippen LogP contribution in [0.15, 0.2) is 78.0 Å². The number of benzene rings is 3. The molecule has 36 heavy (non-hydrogen) atoms. The lowest BCUT2D eigenvalue weighted by Gasteiger charge is -2.12. The number of oxime groups is 1. The van der Waals surface area contributed by atoms with Crippen LogP contribution >= 0.6 is 23.2 Å². The highest BCUT2D eigenvalue weighted by atomic mass is 35.5. The normalized spacial score (nSPS) is 11.1. The quantitative estimate of drug-likeness (QED) is 0.130. The Labute approximate surface area is 218 Å². The molecule has 1 heterocycles. The van der Waals surface area contributed by atoms with E-state index in [1.54, 1.807) is 30.5 Å². The van der Waals surface area contributed by atoms with E-state index in [0.717, 1.165) is 34.0 Å². The van der Waals surface area contributed by atoms with Gasteiger partial charge in [0, 0.05) is 50.4 Å². The molecule has 0 aliphatic heterocycles. The van der Waals surface area contributed by atoms with E-state index in [-0.39, 0.29) is 12.3 Å². The summed E-state index contributed by atoms with van der Waals surface area (Å²) < 4.78 is 7.99. The van der Waals surface area contributed by atoms with Crippen molar-refractivity contribution in [2.75, 3.05) is 0 Å². The molecule has 184 valence electrons. The number of nitrogens with zero attached hydrogens (tertiary/aromatic N) is 3. The number of halogens is 2. The summed E-state index contributed by atoms with van der Waals surface area (Å²) in [7, 11) is 0. The van der Waals surface area contributed by atoms with Crippen molar-refractivity contribution in [2.24, 2.45) is 5.16 Å². The molecule has 0 atom stereocenters. The predicted molar refractivity (Wildman–Crippen MR) is 142 cm³/mol. The van der Waals surface area contributed by atoms with Crippen LogP contribution in [0.2, 0.25) is 10.0 Å². The Morgan fingerprint density at radius 1 is 1.00 bits per heavy atom. The summed E-state index contributed by atoms with van der Waals surface area (Å²) >= 11 is 12.2. The summed E-state index contributed by atoms with van der Waals surface area (Å²) in [6, 6.07) is 21.4. The lowest BCUT2D eigenvalue weighted by atomic mass is 10.2. The van der Waals surface area contributed by atoms with Crippen molar-refractivity contribution >= 4 is 35.1 Å². The summed E-state index contributed by atoms with van der Waals surface area (Å²) in [5.74, 6) is 0.726. The molecule has 1 aromatic heterocycles. The van der Waals surface area contributed by atoms with Crippen molar-refractivity contribution in [3.63, 3.8) is 0 Å². The fraction of sp³-hybridized carbons (Fsp3) is 0.148. The van der Waals surface area contributed by atoms with Gasteiger partial charge in [0.05, 0.1) is 11.1 Å². The van der Waals surface area contributed by atoms with Crippen molar-refractivity contribution in [2.45, 2.75) is 27.1 Å². The fourth-order valence-corrected chi connectivity index (χ4v) is 4.24. The molecular weight excluding hydrogens is 501 g/mol. The Balaban J connectivity index is 1.40. The molecule has 9 heteroatoms. The zero-order valence-electron chi connectivity index (χ0n) is 19.7. The summed E-state index contributed by atoms with van der Waals surface area (Å²) in [5.41, 5.74) is 5.48. The van der Waals surface area contributed by atoms with Crippen LogP contribution in [-0.4, -0.2) is 15.7 Å². The number of hydrogen-bond acceptors (Lipinski definition) is 5. The molecule has 0 radical (unpaired) electrons. The van der Waals surface area contributed by atoms with Gasteiger partial charge in [-0.25, -0.2) is 0 Å². The van der Waals surface area contributed by atoms with Gasteiger partial charge in [-0.15, -0.1) is 0 Å². The fourth-order valence-electron chi connectivity index (χ4n) is 3.77. The topological polar surface area (TPSA) is 78.9 Å². The number of ether oxygens (including phenoxy) is 1. The van der Waals surface area contributed by atoms with Gasteiger partial charge in [0.1, 0.15) is 19.0 Å². The van der Waals surface area contributed by atoms with Crippen molar-refractivity contribution in [3.05, 3.63) is 121 Å². The van der Waals surface area contributed by atoms with Gasteiger partial charge in [0.15, 0.2) is 0 Å². The Hall–Kier alpha value is -3.81. The molecular formula is C27H23Cl2N3O4. The highest BCUT2D eigenvalue weighted by Gasteiger charge is 2.11. The predicted octanol–water partition coefficient (Wildman–Crippen LogP) is 7.44. The Morgan fingerprint density at radius 3 is 2.50 bits per heavy atom. The maximum absolute atomic E-state index is 10.9. The minimum Gasteiger partial charge on any atom is -0.489 e. The molecule has 0 unspecified atom stereocenters. The Kier molecular flexibility index (Phi) is 7.93. The molecule has 0 aliphatic carbocycles. The number of non-ortho nitro benzene ring substituents is 1. The smallest absolute Gasteiger partial charge is 0.269 e. The number of rotatable bonds is 9. The van der Waals surface area contributed by atoms with E-state index in [1.807, 2.05) is 50.2 Å². The van der Waals surface area contributed by atoms with Crippen LogP contribution in [0.1, 0.15) is 28.1 Å². The molecule has 3 aromatic carbocycles. The SMILES string of the molecule is Cc1cc(/C=N\OCc2cccc([N+](=O)[O-])c2)c(C)n1-c1ccc(OCc2ccc(Cl)cc2Cl)cc1. The van der Waals surface area contributed by atoms with Crippen LogP contribution in [0.3, 0.4) is 0 Å². The maximum atomic E-state index is 10.9. The lowest BCUT2D eigenvalue weighted by Crippen LogP contribution is -2.00. The van der Waals surface area contributed by atoms with Gasteiger partial charge in [-0.3, -0.25) is 10.1 Å². The minimum absolute atomic E-state index is 0.0221. The van der Waals surface area contributed by atoms with Gasteiger partial charge in [0.25, 0.3) is 5.69 Å². The first-order chi connectivity index (χ1) is 17.3. The number of nitro groups is 1. The molecule has 0 N–H and O–H groups in total. The van der Waals surface area contributed by atoms with E-state index in [2.05, 4.69) is 9.72 Å². The largest absolute Gasteiger partial charge is 0.489 e. The summed E-state index contributed by atoms with van der Waals surface area (Å²) in [4.78, 5) is 15.8. The van der Waals surface area contributed by atoms with Crippen molar-refractivity contribution in [1.82, 2.24) is 4.57 Å². The van der Waals surface area contributed by atoms with Gasteiger partial charge in [0.2, 0.25) is 0 Å². The van der Waals surface area contributed by atoms with E-state index >= 15 is 0 Å². The number of nitro benzene ring substituents is 1. The first-order valence-electron chi connectivity index (χ1n) is 11.1. The highest BCUT2D eigenvalue weighted by molar-refractivity contribution is 6.35. The molecule has 4 aromatic rings. The Morgan fingerprint density at radius 2 is 1.78 bits per heavy atom. The second kappa shape index (κ2) is 11.3. The number of aromatic nitrogens is 1. The zero-order valence-corrected chi connectivity index (χ0v) is 21.2. The molecule has 4 rings (SSSR count). The standard InChI is InChI=1S/C27H23Cl2N3O4/c1-18-12-22(15-30-36-16-20-4-3-5-25(13-20)32(33)34)19(2)31(18)24-8-10-26(11-9-24)35-17-21-6-7-23(28)14-27(21)29/h3-15H,16-17H2,1-2H3/b30-15-. The van der Waals surface area contributed by atoms with E-state index in [4.69, 9.17) is 32.8 Å². The third-order valence-corrected chi connectivity index (χ3v) is 6.18. The molecule has 0 aliphatic rings. The molecule has 0 saturated heterocycles. The lowest BCUT2D eigenvalue weighted by molar-refractivity contribution is -0.384. The summed E-state index contributed by atoms with van der Waals surface area (Å²) in [6.07, 6.45) is 1.64. The molecule has 0 saturated carbocycles. The van der Waals surface area contributed by atoms with Gasteiger partial charge in [-0.05, 0) is 61.9 Å². The molecule has 0 spiro atoms. The van der Waals surface area contributed by atoms with E-state index in [9.17, 15) is 10.1 Å². The van der Waals surface area contributed by atoms with Crippen LogP contribution in [0, 0.1) is 24.0 Å². The second-order valence-corrected chi connectivity index (χ2v) is 8.96. The minimum atomic E-state index is -0.435. The molecule has 0 amide bonds. The molecule has 0 fully saturated rings. The van der Waals surface area contributed by atoms with E-state index in [0.29, 0.717) is 22.2 Å². The van der Waals surface area contributed by atoms with Crippen LogP contribution < -0.4 is 4.74 Å². The van der Waals surface area contributed by atoms with Gasteiger partial charge < -0.3 is 14.1 Å². The Bertz CT molecular complexity index is 1420. The first-order valence-corrected chi connectivity index (χ1v) is 11.8. The van der Waals surface area contributed by atoms with Crippen LogP contribution in [0.25, 0.3) is 5.69 Å². The average molecular weight is 524 g/mol. The van der Waals surface area contributed by atoms with E-state index in [1.165, 1.54) is 12.1 Å². The zero-order chi connectivity index (χ0) is 25.7. The number of hydrogen-bond donors (Lipinski definition) is 0. The first kappa shape index (κ1) is 25.3. The van der Waals surface area contributed by atoms with Crippen LogP contribution in [0.5, 0.6) is 5.75 Å². The maximum Gasteiger partial charge on any atom is 0.269 e. The van der Waals surface area contributed by atoms with Gasteiger partial charge in [-0.1, -0.05) is 46.6 Å². The number of aryl methyl sites for hydroxylation is 1. The third-order valence-electron chi connectivity index (χ3n) is 5.59. The van der Waals surface area contributed by atoms with Crippen LogP contribution in [0.4, 0.5) is 5.69 Å². The van der Waals surface area contributed by atoms with Gasteiger partial charge in [-0.2, -0.15) is 0 Å². The third kappa shape index (κ3) is 6.05. The molecule has 7 nitrogen and oxygen atoms in total. The summed E-state index contributed by atoms with van der Waals surface area (Å²) in [6.45, 7) is 4.50. The molecule has 0 bridgehead atoms. The van der Waals surface area contributed by atoms with Crippen molar-refractivity contribution in [3.8, 4) is 11.4 Å². The highest BCUT2D eigenvalue weighted by Crippen LogP contribution is 2.25. The van der Waals surface area contributed by atoms with E-state index < -0.39 is 4.92 Å². The van der Waals surface area contributed by atoms with Gasteiger partial charge >= 0.3 is 0 Å². The summed E-state index contributed by atoms with van der Waals surface area (Å²) in [5, 5.41) is 16.1. The monoisotopic (exact) mass is 523 g/mol. The van der Waals surface area contributed by atoms with Crippen LogP contribution in [-0.2, 0) is 18.1 Å². The average Bonchev–Trinajstić information content (AvgIpc) is 3.14.